The van der Waals surface area contributed by atoms with Crippen LogP contribution in [0, 0.1) is 6.92 Å². The molecule has 1 saturated heterocycles. The zero-order valence-electron chi connectivity index (χ0n) is 12.6. The fraction of sp³-hybridized carbons (Fsp3) is 0.400. The van der Waals surface area contributed by atoms with Gasteiger partial charge in [-0.15, -0.1) is 0 Å². The average molecular weight is 322 g/mol. The number of nitrogens with one attached hydrogen (secondary N) is 1. The third kappa shape index (κ3) is 3.30. The summed E-state index contributed by atoms with van der Waals surface area (Å²) in [5, 5.41) is 6.47. The van der Waals surface area contributed by atoms with E-state index in [1.165, 1.54) is 0 Å². The van der Waals surface area contributed by atoms with Crippen molar-refractivity contribution < 1.29 is 18.1 Å². The number of aromatic nitrogens is 2. The van der Waals surface area contributed by atoms with Crippen LogP contribution in [-0.4, -0.2) is 35.6 Å². The number of aryl methyl sites for hydroxylation is 1. The van der Waals surface area contributed by atoms with Crippen LogP contribution in [0.4, 0.5) is 20.4 Å². The minimum Gasteiger partial charge on any atom is -0.338 e. The van der Waals surface area contributed by atoms with Crippen molar-refractivity contribution in [3.8, 4) is 11.5 Å². The second-order valence-corrected chi connectivity index (χ2v) is 5.53. The summed E-state index contributed by atoms with van der Waals surface area (Å²) in [5.74, 6) is -2.03. The average Bonchev–Trinajstić information content (AvgIpc) is 2.99. The molecule has 1 aliphatic rings. The van der Waals surface area contributed by atoms with Gasteiger partial charge >= 0.3 is 0 Å². The molecule has 2 heterocycles. The Bertz CT molecular complexity index is 707. The second kappa shape index (κ2) is 5.94. The van der Waals surface area contributed by atoms with Gasteiger partial charge in [-0.05, 0) is 29.8 Å². The molecule has 1 fully saturated rings. The molecule has 8 heteroatoms. The topological polar surface area (TPSA) is 71.3 Å². The van der Waals surface area contributed by atoms with Crippen molar-refractivity contribution in [3.63, 3.8) is 0 Å². The molecule has 2 aromatic rings. The van der Waals surface area contributed by atoms with Gasteiger partial charge in [0.25, 0.3) is 17.8 Å². The number of halogens is 2. The Labute approximate surface area is 131 Å². The van der Waals surface area contributed by atoms with E-state index in [0.717, 1.165) is 5.56 Å². The van der Waals surface area contributed by atoms with E-state index in [1.54, 1.807) is 17.0 Å². The van der Waals surface area contributed by atoms with Gasteiger partial charge in [0.15, 0.2) is 0 Å². The van der Waals surface area contributed by atoms with Crippen LogP contribution in [0.15, 0.2) is 22.7 Å². The lowest BCUT2D eigenvalue weighted by Crippen LogP contribution is -2.39. The summed E-state index contributed by atoms with van der Waals surface area (Å²) in [6.07, 6.45) is 0.170. The van der Waals surface area contributed by atoms with Gasteiger partial charge in [0, 0.05) is 37.2 Å². The van der Waals surface area contributed by atoms with E-state index in [2.05, 4.69) is 15.5 Å². The summed E-state index contributed by atoms with van der Waals surface area (Å²) in [6.45, 7) is 2.25. The van der Waals surface area contributed by atoms with Crippen molar-refractivity contribution in [2.45, 2.75) is 25.7 Å². The van der Waals surface area contributed by atoms with Gasteiger partial charge in [-0.25, -0.2) is 8.78 Å². The molecule has 1 amide bonds. The van der Waals surface area contributed by atoms with E-state index in [-0.39, 0.29) is 31.8 Å². The maximum Gasteiger partial charge on any atom is 0.266 e. The number of rotatable bonds is 4. The van der Waals surface area contributed by atoms with Crippen molar-refractivity contribution >= 4 is 18.0 Å². The van der Waals surface area contributed by atoms with Crippen LogP contribution in [0.2, 0.25) is 0 Å². The first-order valence-electron chi connectivity index (χ1n) is 7.26. The summed E-state index contributed by atoms with van der Waals surface area (Å²) in [6, 6.07) is 5.35. The molecule has 0 spiro atoms. The predicted molar refractivity (Wildman–Crippen MR) is 80.6 cm³/mol. The number of nitrogens with zero attached hydrogens (tertiary/aromatic N) is 3. The zero-order chi connectivity index (χ0) is 16.4. The second-order valence-electron chi connectivity index (χ2n) is 5.53. The predicted octanol–water partition coefficient (Wildman–Crippen LogP) is 2.85. The molecule has 0 unspecified atom stereocenters. The van der Waals surface area contributed by atoms with Gasteiger partial charge < -0.3 is 14.7 Å². The van der Waals surface area contributed by atoms with Crippen LogP contribution in [0.3, 0.4) is 0 Å². The van der Waals surface area contributed by atoms with Gasteiger partial charge in [-0.1, -0.05) is 6.07 Å². The standard InChI is InChI=1S/C15H16F2N4O2/c1-10-2-3-11(8-12(10)18-9-22)13-19-14(20-23-13)21-6-4-15(16,17)5-7-21/h2-3,8-9H,4-7H2,1H3,(H,18,22). The molecule has 1 aromatic carbocycles. The number of piperidine rings is 1. The molecule has 3 rings (SSSR count). The number of hydrogen-bond acceptors (Lipinski definition) is 5. The van der Waals surface area contributed by atoms with Gasteiger partial charge in [0.1, 0.15) is 0 Å². The van der Waals surface area contributed by atoms with E-state index >= 15 is 0 Å². The molecular formula is C15H16F2N4O2. The molecule has 1 aromatic heterocycles. The Hall–Kier alpha value is -2.51. The summed E-state index contributed by atoms with van der Waals surface area (Å²) in [7, 11) is 0. The van der Waals surface area contributed by atoms with Crippen LogP contribution in [0.1, 0.15) is 18.4 Å². The quantitative estimate of drug-likeness (QED) is 0.877. The number of carbonyl (C=O) groups excluding carboxylic acids is 1. The highest BCUT2D eigenvalue weighted by Crippen LogP contribution is 2.31. The highest BCUT2D eigenvalue weighted by Gasteiger charge is 2.35. The molecule has 0 atom stereocenters. The largest absolute Gasteiger partial charge is 0.338 e. The van der Waals surface area contributed by atoms with E-state index in [4.69, 9.17) is 4.52 Å². The van der Waals surface area contributed by atoms with Gasteiger partial charge in [0.2, 0.25) is 6.41 Å². The van der Waals surface area contributed by atoms with Crippen LogP contribution in [0.5, 0.6) is 0 Å². The first-order chi connectivity index (χ1) is 11.0. The first-order valence-corrected chi connectivity index (χ1v) is 7.26. The fourth-order valence-corrected chi connectivity index (χ4v) is 2.47. The lowest BCUT2D eigenvalue weighted by molar-refractivity contribution is -0.105. The molecule has 1 aliphatic heterocycles. The van der Waals surface area contributed by atoms with Crippen LogP contribution in [-0.2, 0) is 4.79 Å². The zero-order valence-corrected chi connectivity index (χ0v) is 12.6. The molecule has 1 N–H and O–H groups in total. The van der Waals surface area contributed by atoms with Crippen molar-refractivity contribution in [1.29, 1.82) is 0 Å². The summed E-state index contributed by atoms with van der Waals surface area (Å²) in [4.78, 5) is 16.6. The third-order valence-electron chi connectivity index (χ3n) is 3.89. The number of benzene rings is 1. The normalized spacial score (nSPS) is 17.1. The maximum absolute atomic E-state index is 13.2. The Kier molecular flexibility index (Phi) is 3.97. The summed E-state index contributed by atoms with van der Waals surface area (Å²) in [5.41, 5.74) is 2.20. The Morgan fingerprint density at radius 1 is 1.35 bits per heavy atom. The minimum atomic E-state index is -2.62. The number of anilines is 2. The van der Waals surface area contributed by atoms with Gasteiger partial charge in [0.05, 0.1) is 0 Å². The Morgan fingerprint density at radius 2 is 2.09 bits per heavy atom. The van der Waals surface area contributed by atoms with Crippen molar-refractivity contribution in [2.75, 3.05) is 23.3 Å². The summed E-state index contributed by atoms with van der Waals surface area (Å²) >= 11 is 0. The third-order valence-corrected chi connectivity index (χ3v) is 3.89. The monoisotopic (exact) mass is 322 g/mol. The molecule has 0 saturated carbocycles. The van der Waals surface area contributed by atoms with E-state index in [9.17, 15) is 13.6 Å². The van der Waals surface area contributed by atoms with Crippen molar-refractivity contribution in [2.24, 2.45) is 0 Å². The van der Waals surface area contributed by atoms with Crippen molar-refractivity contribution in [3.05, 3.63) is 23.8 Å². The highest BCUT2D eigenvalue weighted by molar-refractivity contribution is 5.76. The van der Waals surface area contributed by atoms with Crippen molar-refractivity contribution in [1.82, 2.24) is 10.1 Å². The molecule has 23 heavy (non-hydrogen) atoms. The fourth-order valence-electron chi connectivity index (χ4n) is 2.47. The maximum atomic E-state index is 13.2. The lowest BCUT2D eigenvalue weighted by Gasteiger charge is -2.30. The van der Waals surface area contributed by atoms with E-state index < -0.39 is 5.92 Å². The molecular weight excluding hydrogens is 306 g/mol. The molecule has 6 nitrogen and oxygen atoms in total. The number of amides is 1. The van der Waals surface area contributed by atoms with Crippen LogP contribution >= 0.6 is 0 Å². The van der Waals surface area contributed by atoms with E-state index in [0.29, 0.717) is 23.6 Å². The SMILES string of the molecule is Cc1ccc(-c2nc(N3CCC(F)(F)CC3)no2)cc1NC=O. The van der Waals surface area contributed by atoms with Gasteiger partial charge in [-0.3, -0.25) is 4.79 Å². The number of alkyl halides is 2. The Morgan fingerprint density at radius 3 is 2.78 bits per heavy atom. The molecule has 122 valence electrons. The highest BCUT2D eigenvalue weighted by atomic mass is 19.3. The minimum absolute atomic E-state index is 0.192. The van der Waals surface area contributed by atoms with E-state index in [1.807, 2.05) is 13.0 Å². The molecule has 0 aliphatic carbocycles. The smallest absolute Gasteiger partial charge is 0.266 e. The van der Waals surface area contributed by atoms with Gasteiger partial charge in [-0.2, -0.15) is 4.98 Å². The molecule has 0 bridgehead atoms. The lowest BCUT2D eigenvalue weighted by atomic mass is 10.1. The van der Waals surface area contributed by atoms with Crippen LogP contribution in [0.25, 0.3) is 11.5 Å². The summed E-state index contributed by atoms with van der Waals surface area (Å²) < 4.78 is 31.6. The Balaban J connectivity index is 1.79. The number of hydrogen-bond donors (Lipinski definition) is 1. The number of carbonyl (C=O) groups is 1. The first kappa shape index (κ1) is 15.4. The van der Waals surface area contributed by atoms with Crippen LogP contribution < -0.4 is 10.2 Å². The molecule has 0 radical (unpaired) electrons.